The first-order valence-electron chi connectivity index (χ1n) is 5.56. The number of hydrogen-bond acceptors (Lipinski definition) is 2. The Balaban J connectivity index is 2.27. The molecule has 2 nitrogen and oxygen atoms in total. The summed E-state index contributed by atoms with van der Waals surface area (Å²) in [4.78, 5) is 2.11. The molecule has 0 spiro atoms. The monoisotopic (exact) mass is 185 g/mol. The second kappa shape index (κ2) is 4.97. The molecular weight excluding hydrogens is 162 g/mol. The molecule has 1 aliphatic carbocycles. The Bertz CT molecular complexity index is 147. The molecule has 0 heterocycles. The zero-order valence-electron chi connectivity index (χ0n) is 9.16. The highest BCUT2D eigenvalue weighted by Crippen LogP contribution is 2.35. The van der Waals surface area contributed by atoms with Crippen molar-refractivity contribution in [3.8, 4) is 0 Å². The highest BCUT2D eigenvalue weighted by Gasteiger charge is 2.34. The molecule has 1 fully saturated rings. The molecule has 0 aromatic heterocycles. The summed E-state index contributed by atoms with van der Waals surface area (Å²) in [5.41, 5.74) is 0. The number of aliphatic hydroxyl groups excluding tert-OH is 1. The van der Waals surface area contributed by atoms with E-state index in [1.807, 2.05) is 14.0 Å². The minimum Gasteiger partial charge on any atom is -0.379 e. The molecule has 1 saturated carbocycles. The molecule has 1 rings (SSSR count). The van der Waals surface area contributed by atoms with Crippen molar-refractivity contribution < 1.29 is 5.11 Å². The summed E-state index contributed by atoms with van der Waals surface area (Å²) < 4.78 is 0. The summed E-state index contributed by atoms with van der Waals surface area (Å²) >= 11 is 0. The van der Waals surface area contributed by atoms with Crippen LogP contribution in [0.1, 0.15) is 46.0 Å². The second-order valence-corrected chi connectivity index (χ2v) is 4.34. The van der Waals surface area contributed by atoms with Gasteiger partial charge in [0.1, 0.15) is 6.23 Å². The molecule has 1 N–H and O–H groups in total. The molecule has 2 heteroatoms. The van der Waals surface area contributed by atoms with Gasteiger partial charge in [-0.3, -0.25) is 4.90 Å². The van der Waals surface area contributed by atoms with E-state index in [9.17, 15) is 5.11 Å². The van der Waals surface area contributed by atoms with Crippen LogP contribution in [-0.2, 0) is 0 Å². The van der Waals surface area contributed by atoms with Crippen LogP contribution in [0.25, 0.3) is 0 Å². The van der Waals surface area contributed by atoms with Gasteiger partial charge >= 0.3 is 0 Å². The predicted octanol–water partition coefficient (Wildman–Crippen LogP) is 2.23. The van der Waals surface area contributed by atoms with Crippen molar-refractivity contribution >= 4 is 0 Å². The Kier molecular flexibility index (Phi) is 4.20. The zero-order chi connectivity index (χ0) is 9.84. The minimum absolute atomic E-state index is 0.283. The summed E-state index contributed by atoms with van der Waals surface area (Å²) in [5.74, 6) is 0.847. The molecule has 1 aliphatic rings. The third-order valence-corrected chi connectivity index (χ3v) is 3.42. The lowest BCUT2D eigenvalue weighted by Crippen LogP contribution is -2.48. The van der Waals surface area contributed by atoms with E-state index < -0.39 is 0 Å². The molecule has 0 bridgehead atoms. The number of aliphatic hydroxyl groups is 1. The summed E-state index contributed by atoms with van der Waals surface area (Å²) in [5, 5.41) is 9.43. The molecule has 13 heavy (non-hydrogen) atoms. The van der Waals surface area contributed by atoms with Gasteiger partial charge in [-0.15, -0.1) is 0 Å². The van der Waals surface area contributed by atoms with Gasteiger partial charge in [-0.1, -0.05) is 19.8 Å². The number of rotatable bonds is 5. The van der Waals surface area contributed by atoms with E-state index >= 15 is 0 Å². The first-order valence-corrected chi connectivity index (χ1v) is 5.56. The highest BCUT2D eigenvalue weighted by atomic mass is 16.3. The summed E-state index contributed by atoms with van der Waals surface area (Å²) in [6.07, 6.45) is 6.33. The van der Waals surface area contributed by atoms with Gasteiger partial charge in [0, 0.05) is 6.04 Å². The molecule has 0 amide bonds. The SMILES string of the molecule is CCCCC1CCC1N(C)C(C)O. The van der Waals surface area contributed by atoms with Crippen molar-refractivity contribution in [3.63, 3.8) is 0 Å². The van der Waals surface area contributed by atoms with Crippen LogP contribution in [0.15, 0.2) is 0 Å². The average Bonchev–Trinajstić information content (AvgIpc) is 2.03. The van der Waals surface area contributed by atoms with Gasteiger partial charge in [0.05, 0.1) is 0 Å². The fourth-order valence-electron chi connectivity index (χ4n) is 2.17. The van der Waals surface area contributed by atoms with Gasteiger partial charge in [-0.05, 0) is 39.2 Å². The lowest BCUT2D eigenvalue weighted by molar-refractivity contribution is -0.0436. The molecular formula is C11H23NO. The van der Waals surface area contributed by atoms with E-state index in [4.69, 9.17) is 0 Å². The third-order valence-electron chi connectivity index (χ3n) is 3.42. The molecule has 0 aliphatic heterocycles. The largest absolute Gasteiger partial charge is 0.379 e. The molecule has 78 valence electrons. The van der Waals surface area contributed by atoms with Gasteiger partial charge in [-0.25, -0.2) is 0 Å². The zero-order valence-corrected chi connectivity index (χ0v) is 9.16. The van der Waals surface area contributed by atoms with Crippen molar-refractivity contribution in [2.75, 3.05) is 7.05 Å². The fraction of sp³-hybridized carbons (Fsp3) is 1.00. The van der Waals surface area contributed by atoms with Crippen molar-refractivity contribution in [1.82, 2.24) is 4.90 Å². The van der Waals surface area contributed by atoms with Crippen LogP contribution in [-0.4, -0.2) is 29.3 Å². The lowest BCUT2D eigenvalue weighted by atomic mass is 9.75. The molecule has 3 atom stereocenters. The normalized spacial score (nSPS) is 30.2. The third kappa shape index (κ3) is 2.68. The Morgan fingerprint density at radius 1 is 1.46 bits per heavy atom. The Labute approximate surface area is 81.9 Å². The first-order chi connectivity index (χ1) is 6.16. The van der Waals surface area contributed by atoms with Gasteiger partial charge < -0.3 is 5.11 Å². The highest BCUT2D eigenvalue weighted by molar-refractivity contribution is 4.87. The molecule has 0 aromatic carbocycles. The van der Waals surface area contributed by atoms with Gasteiger partial charge in [0.2, 0.25) is 0 Å². The summed E-state index contributed by atoms with van der Waals surface area (Å²) in [6.45, 7) is 4.10. The quantitative estimate of drug-likeness (QED) is 0.664. The van der Waals surface area contributed by atoms with E-state index in [1.165, 1.54) is 32.1 Å². The maximum Gasteiger partial charge on any atom is 0.104 e. The number of nitrogens with zero attached hydrogens (tertiary/aromatic N) is 1. The minimum atomic E-state index is -0.283. The predicted molar refractivity (Wildman–Crippen MR) is 55.5 cm³/mol. The van der Waals surface area contributed by atoms with Crippen molar-refractivity contribution in [1.29, 1.82) is 0 Å². The van der Waals surface area contributed by atoms with Gasteiger partial charge in [-0.2, -0.15) is 0 Å². The summed E-state index contributed by atoms with van der Waals surface area (Å²) in [6, 6.07) is 0.645. The van der Waals surface area contributed by atoms with E-state index in [-0.39, 0.29) is 6.23 Å². The Morgan fingerprint density at radius 2 is 2.15 bits per heavy atom. The average molecular weight is 185 g/mol. The molecule has 0 radical (unpaired) electrons. The van der Waals surface area contributed by atoms with Crippen LogP contribution in [0.2, 0.25) is 0 Å². The van der Waals surface area contributed by atoms with Crippen molar-refractivity contribution in [2.45, 2.75) is 58.2 Å². The second-order valence-electron chi connectivity index (χ2n) is 4.34. The lowest BCUT2D eigenvalue weighted by Gasteiger charge is -2.44. The maximum atomic E-state index is 9.43. The Hall–Kier alpha value is -0.0800. The smallest absolute Gasteiger partial charge is 0.104 e. The Morgan fingerprint density at radius 3 is 2.54 bits per heavy atom. The van der Waals surface area contributed by atoms with Gasteiger partial charge in [0.25, 0.3) is 0 Å². The van der Waals surface area contributed by atoms with Crippen molar-refractivity contribution in [2.24, 2.45) is 5.92 Å². The van der Waals surface area contributed by atoms with Crippen LogP contribution in [0, 0.1) is 5.92 Å². The van der Waals surface area contributed by atoms with E-state index in [0.29, 0.717) is 6.04 Å². The van der Waals surface area contributed by atoms with Crippen LogP contribution in [0.5, 0.6) is 0 Å². The van der Waals surface area contributed by atoms with Crippen LogP contribution >= 0.6 is 0 Å². The van der Waals surface area contributed by atoms with E-state index in [0.717, 1.165) is 5.92 Å². The van der Waals surface area contributed by atoms with E-state index in [2.05, 4.69) is 11.8 Å². The molecule has 3 unspecified atom stereocenters. The summed E-state index contributed by atoms with van der Waals surface area (Å²) in [7, 11) is 2.04. The number of unbranched alkanes of at least 4 members (excludes halogenated alkanes) is 1. The number of hydrogen-bond donors (Lipinski definition) is 1. The van der Waals surface area contributed by atoms with Crippen LogP contribution in [0.3, 0.4) is 0 Å². The van der Waals surface area contributed by atoms with Crippen LogP contribution in [0.4, 0.5) is 0 Å². The fourth-order valence-corrected chi connectivity index (χ4v) is 2.17. The van der Waals surface area contributed by atoms with Crippen molar-refractivity contribution in [3.05, 3.63) is 0 Å². The van der Waals surface area contributed by atoms with Gasteiger partial charge in [0.15, 0.2) is 0 Å². The standard InChI is InChI=1S/C11H23NO/c1-4-5-6-10-7-8-11(10)12(3)9(2)13/h9-11,13H,4-8H2,1-3H3. The molecule has 0 aromatic rings. The molecule has 0 saturated heterocycles. The van der Waals surface area contributed by atoms with Crippen LogP contribution < -0.4 is 0 Å². The topological polar surface area (TPSA) is 23.5 Å². The first kappa shape index (κ1) is 11.0. The maximum absolute atomic E-state index is 9.43. The van der Waals surface area contributed by atoms with E-state index in [1.54, 1.807) is 0 Å².